The van der Waals surface area contributed by atoms with Gasteiger partial charge >= 0.3 is 0 Å². The molecule has 1 fully saturated rings. The van der Waals surface area contributed by atoms with E-state index in [0.717, 1.165) is 11.4 Å². The van der Waals surface area contributed by atoms with Gasteiger partial charge in [-0.05, 0) is 49.7 Å². The summed E-state index contributed by atoms with van der Waals surface area (Å²) >= 11 is 18.4. The monoisotopic (exact) mass is 490 g/mol. The van der Waals surface area contributed by atoms with Gasteiger partial charge in [0, 0.05) is 36.8 Å². The van der Waals surface area contributed by atoms with E-state index < -0.39 is 0 Å². The van der Waals surface area contributed by atoms with Crippen LogP contribution in [0.1, 0.15) is 22.8 Å². The minimum absolute atomic E-state index is 0.0476. The molecular formula is C23H21Cl3N4O2. The standard InChI is InChI=1S/C23H21Cl3N4O2/c1-14-3-6-18(25)20(9-14)32-22-11-21(27-13-28-22)29-7-8-30(15(2)12-29)23(31)17-5-4-16(24)10-19(17)26/h3-6,9-11,13,15H,7-8,12H2,1-2H3. The summed E-state index contributed by atoms with van der Waals surface area (Å²) in [7, 11) is 0. The van der Waals surface area contributed by atoms with Crippen LogP contribution in [0, 0.1) is 6.92 Å². The summed E-state index contributed by atoms with van der Waals surface area (Å²) in [5, 5.41) is 1.36. The molecule has 6 nitrogen and oxygen atoms in total. The molecule has 1 saturated heterocycles. The smallest absolute Gasteiger partial charge is 0.255 e. The lowest BCUT2D eigenvalue weighted by Gasteiger charge is -2.40. The summed E-state index contributed by atoms with van der Waals surface area (Å²) < 4.78 is 5.89. The highest BCUT2D eigenvalue weighted by Crippen LogP contribution is 2.31. The fourth-order valence-corrected chi connectivity index (χ4v) is 4.29. The summed E-state index contributed by atoms with van der Waals surface area (Å²) in [5.74, 6) is 1.56. The van der Waals surface area contributed by atoms with Gasteiger partial charge in [0.25, 0.3) is 5.91 Å². The highest BCUT2D eigenvalue weighted by atomic mass is 35.5. The molecular weight excluding hydrogens is 471 g/mol. The number of carbonyl (C=O) groups is 1. The van der Waals surface area contributed by atoms with Crippen LogP contribution in [0.4, 0.5) is 5.82 Å². The van der Waals surface area contributed by atoms with Crippen molar-refractivity contribution in [1.82, 2.24) is 14.9 Å². The van der Waals surface area contributed by atoms with Crippen LogP contribution >= 0.6 is 34.8 Å². The topological polar surface area (TPSA) is 58.6 Å². The number of rotatable bonds is 4. The first-order valence-corrected chi connectivity index (χ1v) is 11.2. The summed E-state index contributed by atoms with van der Waals surface area (Å²) in [6.45, 7) is 5.72. The van der Waals surface area contributed by atoms with Crippen molar-refractivity contribution < 1.29 is 9.53 Å². The molecule has 0 radical (unpaired) electrons. The van der Waals surface area contributed by atoms with Gasteiger partial charge in [-0.25, -0.2) is 9.97 Å². The largest absolute Gasteiger partial charge is 0.437 e. The molecule has 3 aromatic rings. The van der Waals surface area contributed by atoms with Crippen LogP contribution in [0.2, 0.25) is 15.1 Å². The minimum atomic E-state index is -0.111. The van der Waals surface area contributed by atoms with Crippen molar-refractivity contribution in [2.75, 3.05) is 24.5 Å². The second-order valence-electron chi connectivity index (χ2n) is 7.67. The van der Waals surface area contributed by atoms with Gasteiger partial charge in [0.1, 0.15) is 17.9 Å². The number of nitrogens with zero attached hydrogens (tertiary/aromatic N) is 4. The lowest BCUT2D eigenvalue weighted by Crippen LogP contribution is -2.54. The summed E-state index contributed by atoms with van der Waals surface area (Å²) in [6.07, 6.45) is 1.46. The maximum absolute atomic E-state index is 13.0. The maximum Gasteiger partial charge on any atom is 0.255 e. The molecule has 1 aliphatic rings. The Kier molecular flexibility index (Phi) is 6.74. The highest BCUT2D eigenvalue weighted by Gasteiger charge is 2.30. The third-order valence-corrected chi connectivity index (χ3v) is 6.16. The number of halogens is 3. The Hall–Kier alpha value is -2.54. The van der Waals surface area contributed by atoms with Crippen molar-refractivity contribution in [2.45, 2.75) is 19.9 Å². The molecule has 0 bridgehead atoms. The zero-order valence-electron chi connectivity index (χ0n) is 17.6. The van der Waals surface area contributed by atoms with E-state index in [9.17, 15) is 4.79 Å². The Morgan fingerprint density at radius 1 is 1.03 bits per heavy atom. The summed E-state index contributed by atoms with van der Waals surface area (Å²) in [5.41, 5.74) is 1.48. The molecule has 1 aromatic heterocycles. The number of aromatic nitrogens is 2. The van der Waals surface area contributed by atoms with Crippen molar-refractivity contribution in [2.24, 2.45) is 0 Å². The fourth-order valence-electron chi connectivity index (χ4n) is 3.65. The van der Waals surface area contributed by atoms with Gasteiger partial charge in [0.05, 0.1) is 15.6 Å². The minimum Gasteiger partial charge on any atom is -0.437 e. The average Bonchev–Trinajstić information content (AvgIpc) is 2.76. The van der Waals surface area contributed by atoms with E-state index in [1.54, 1.807) is 30.3 Å². The van der Waals surface area contributed by atoms with Crippen LogP contribution in [-0.4, -0.2) is 46.5 Å². The zero-order chi connectivity index (χ0) is 22.8. The predicted octanol–water partition coefficient (Wildman–Crippen LogP) is 5.89. The van der Waals surface area contributed by atoms with Gasteiger partial charge < -0.3 is 14.5 Å². The van der Waals surface area contributed by atoms with Crippen LogP contribution < -0.4 is 9.64 Å². The number of amides is 1. The van der Waals surface area contributed by atoms with Crippen molar-refractivity contribution in [3.63, 3.8) is 0 Å². The van der Waals surface area contributed by atoms with Crippen LogP contribution in [-0.2, 0) is 0 Å². The molecule has 1 atom stereocenters. The molecule has 9 heteroatoms. The Morgan fingerprint density at radius 2 is 1.84 bits per heavy atom. The van der Waals surface area contributed by atoms with Crippen molar-refractivity contribution in [1.29, 1.82) is 0 Å². The highest BCUT2D eigenvalue weighted by molar-refractivity contribution is 6.36. The van der Waals surface area contributed by atoms with E-state index in [4.69, 9.17) is 39.5 Å². The van der Waals surface area contributed by atoms with E-state index in [0.29, 0.717) is 51.9 Å². The number of ether oxygens (including phenoxy) is 1. The van der Waals surface area contributed by atoms with Crippen molar-refractivity contribution >= 4 is 46.5 Å². The Balaban J connectivity index is 1.47. The number of hydrogen-bond acceptors (Lipinski definition) is 5. The van der Waals surface area contributed by atoms with Crippen molar-refractivity contribution in [3.8, 4) is 11.6 Å². The first-order chi connectivity index (χ1) is 15.3. The lowest BCUT2D eigenvalue weighted by atomic mass is 10.1. The molecule has 1 unspecified atom stereocenters. The molecule has 0 saturated carbocycles. The third kappa shape index (κ3) is 4.93. The van der Waals surface area contributed by atoms with E-state index in [2.05, 4.69) is 14.9 Å². The van der Waals surface area contributed by atoms with Gasteiger partial charge in [0.15, 0.2) is 0 Å². The molecule has 0 spiro atoms. The first kappa shape index (κ1) is 22.6. The first-order valence-electron chi connectivity index (χ1n) is 10.1. The zero-order valence-corrected chi connectivity index (χ0v) is 19.8. The second kappa shape index (κ2) is 9.53. The van der Waals surface area contributed by atoms with Crippen LogP contribution in [0.3, 0.4) is 0 Å². The molecule has 32 heavy (non-hydrogen) atoms. The third-order valence-electron chi connectivity index (χ3n) is 5.30. The van der Waals surface area contributed by atoms with Crippen LogP contribution in [0.25, 0.3) is 0 Å². The van der Waals surface area contributed by atoms with Crippen LogP contribution in [0.15, 0.2) is 48.8 Å². The number of piperazine rings is 1. The fraction of sp³-hybridized carbons (Fsp3) is 0.261. The number of aryl methyl sites for hydroxylation is 1. The Morgan fingerprint density at radius 3 is 2.59 bits per heavy atom. The molecule has 2 heterocycles. The van der Waals surface area contributed by atoms with E-state index in [-0.39, 0.29) is 11.9 Å². The normalized spacial score (nSPS) is 16.2. The number of benzene rings is 2. The quantitative estimate of drug-likeness (QED) is 0.455. The lowest BCUT2D eigenvalue weighted by molar-refractivity contribution is 0.0674. The molecule has 1 aliphatic heterocycles. The number of hydrogen-bond donors (Lipinski definition) is 0. The predicted molar refractivity (Wildman–Crippen MR) is 127 cm³/mol. The van der Waals surface area contributed by atoms with Gasteiger partial charge in [-0.2, -0.15) is 0 Å². The SMILES string of the molecule is Cc1ccc(Cl)c(Oc2cc(N3CCN(C(=O)c4ccc(Cl)cc4Cl)C(C)C3)ncn2)c1. The number of carbonyl (C=O) groups excluding carboxylic acids is 1. The molecule has 166 valence electrons. The Labute approximate surface area is 201 Å². The Bertz CT molecular complexity index is 1160. The summed E-state index contributed by atoms with van der Waals surface area (Å²) in [6, 6.07) is 12.2. The molecule has 0 aliphatic carbocycles. The summed E-state index contributed by atoms with van der Waals surface area (Å²) in [4.78, 5) is 25.5. The van der Waals surface area contributed by atoms with Crippen LogP contribution in [0.5, 0.6) is 11.6 Å². The number of anilines is 1. The second-order valence-corrected chi connectivity index (χ2v) is 8.92. The molecule has 1 amide bonds. The van der Waals surface area contributed by atoms with E-state index in [1.165, 1.54) is 6.33 Å². The van der Waals surface area contributed by atoms with Gasteiger partial charge in [-0.1, -0.05) is 40.9 Å². The maximum atomic E-state index is 13.0. The van der Waals surface area contributed by atoms with Gasteiger partial charge in [0.2, 0.25) is 5.88 Å². The molecule has 0 N–H and O–H groups in total. The van der Waals surface area contributed by atoms with E-state index in [1.807, 2.05) is 30.9 Å². The average molecular weight is 492 g/mol. The molecule has 2 aromatic carbocycles. The van der Waals surface area contributed by atoms with Gasteiger partial charge in [-0.15, -0.1) is 0 Å². The van der Waals surface area contributed by atoms with Gasteiger partial charge in [-0.3, -0.25) is 4.79 Å². The molecule has 4 rings (SSSR count). The van der Waals surface area contributed by atoms with E-state index >= 15 is 0 Å². The van der Waals surface area contributed by atoms with Crippen molar-refractivity contribution in [3.05, 3.63) is 75.0 Å².